The zero-order valence-corrected chi connectivity index (χ0v) is 68.3. The number of aryl methyl sites for hydroxylation is 1. The second-order valence-electron chi connectivity index (χ2n) is 31.9. The van der Waals surface area contributed by atoms with Gasteiger partial charge in [-0.2, -0.15) is 5.23 Å². The number of nitrogens with zero attached hydrogens (tertiary/aromatic N) is 1. The van der Waals surface area contributed by atoms with Gasteiger partial charge in [0.2, 0.25) is 29.5 Å². The molecule has 4 fully saturated rings. The maximum Gasteiger partial charge on any atom is 0.317 e. The molecule has 4 aliphatic rings. The highest BCUT2D eigenvalue weighted by molar-refractivity contribution is 5.99. The van der Waals surface area contributed by atoms with Gasteiger partial charge in [-0.1, -0.05) is 152 Å². The minimum atomic E-state index is -1.19. The molecule has 10 aromatic carbocycles. The fourth-order valence-electron chi connectivity index (χ4n) is 15.9. The smallest absolute Gasteiger partial charge is 0.317 e. The maximum absolute atomic E-state index is 13.0. The summed E-state index contributed by atoms with van der Waals surface area (Å²) in [6.07, 6.45) is 2.87. The zero-order valence-electron chi connectivity index (χ0n) is 68.3. The molecule has 1 aromatic heterocycles. The lowest BCUT2D eigenvalue weighted by Gasteiger charge is -2.25. The molecule has 11 aromatic rings. The van der Waals surface area contributed by atoms with Gasteiger partial charge in [-0.25, -0.2) is 27.1 Å². The van der Waals surface area contributed by atoms with Gasteiger partial charge in [0.05, 0.1) is 65.8 Å². The van der Waals surface area contributed by atoms with Crippen LogP contribution in [0, 0.1) is 52.0 Å². The number of para-hydroxylation sites is 1. The number of methoxy groups -OCH3 is 1. The highest BCUT2D eigenvalue weighted by Gasteiger charge is 2.68. The molecule has 0 saturated heterocycles. The number of amides is 5. The first-order valence-electron chi connectivity index (χ1n) is 39.8. The van der Waals surface area contributed by atoms with E-state index in [9.17, 15) is 48.7 Å². The standard InChI is InChI=1S/C27H31N3O4.C25H25NO5.C24H23NO5.C18H18N2O7/c1-17-13-19(21-7-5-6-8-23(21)28-17)16-34-20-11-9-18(10-12-20)14-27(15-22(27)24(31)30-33)25(32)29-26(2,3)4;1-2-31-24(29)25(15-21(25)23(28)26-30)14-17-8-10-22(27)20(13-17)12-16-7-9-18-5-3-4-6-19(18)11-16;1-2-29-23(27)24(15-20(24)22(26)25-28)14-16-10-12-18(13-11-16)30-21-9-5-7-17-6-3-4-8-19(17)21;1-26-17(22)18(10-15(18)16(21)19-23)11-4-2-6-13(8-11)27-14-7-3-5-12(9-14)20(24)25/h5-13,22,33H,14-16H2,1-4H3,(H,29,32)(H,30,31);3-11,13,21,27,30H,2,12,14-15H2,1H3,(H,26,28);3-13,20,28H,2,14-15H2,1H3,(H,25,26);2-9,15,20,23-24H,10H2,1H3,(H,19,21)/t22-,27+;21-,25+;20-,24+;15-,18-/m1110/s1. The van der Waals surface area contributed by atoms with Crippen LogP contribution in [0.2, 0.25) is 0 Å². The van der Waals surface area contributed by atoms with Crippen molar-refractivity contribution in [2.24, 2.45) is 39.9 Å². The van der Waals surface area contributed by atoms with Crippen molar-refractivity contribution in [3.63, 3.8) is 0 Å². The normalized spacial score (nSPS) is 20.2. The van der Waals surface area contributed by atoms with Crippen molar-refractivity contribution in [1.29, 1.82) is 0 Å². The number of rotatable bonds is 27. The van der Waals surface area contributed by atoms with Gasteiger partial charge in [0.25, 0.3) is 0 Å². The van der Waals surface area contributed by atoms with E-state index in [1.54, 1.807) is 84.3 Å². The number of fused-ring (bicyclic) bond motifs is 3. The maximum atomic E-state index is 13.0. The number of phenolic OH excluding ortho intramolecular Hbond substituents is 1. The van der Waals surface area contributed by atoms with Gasteiger partial charge in [0, 0.05) is 46.1 Å². The Bertz CT molecular complexity index is 5680. The van der Waals surface area contributed by atoms with Gasteiger partial charge in [-0.3, -0.25) is 64.2 Å². The lowest BCUT2D eigenvalue weighted by Crippen LogP contribution is -2.99. The van der Waals surface area contributed by atoms with Gasteiger partial charge in [-0.15, -0.1) is 0 Å². The van der Waals surface area contributed by atoms with Gasteiger partial charge in [0.1, 0.15) is 46.5 Å². The summed E-state index contributed by atoms with van der Waals surface area (Å²) in [6, 6.07) is 71.1. The van der Waals surface area contributed by atoms with Crippen molar-refractivity contribution >= 4 is 85.6 Å². The SMILES string of the molecule is CCOC(=O)[C@@]1(Cc2ccc(O)c(Cc3ccc4ccccc4c3)c2)C[C@@H]1C(=O)NO.CCOC(=O)[C@@]1(Cc2ccc(Oc3cccc4ccccc34)cc2)C[C@@H]1C(=O)NO.COC(=O)[C@]1(c2cccc(Oc3cccc([NH+]([O-])O)c3)c2)C[C@H]1C(=O)NO.Cc1cc(COc2ccc(C[C@]3(C(=O)NC(C)(C)C)C[C@@H]3C(=O)NO)cc2)c2ccccc2n1. The molecule has 5 amide bonds. The summed E-state index contributed by atoms with van der Waals surface area (Å²) in [4.78, 5) is 103. The minimum Gasteiger partial charge on any atom is -0.595 e. The highest BCUT2D eigenvalue weighted by atomic mass is 16.8. The Morgan fingerprint density at radius 3 is 1.60 bits per heavy atom. The molecule has 9 atom stereocenters. The third-order valence-electron chi connectivity index (χ3n) is 22.5. The van der Waals surface area contributed by atoms with Crippen molar-refractivity contribution in [2.75, 3.05) is 20.3 Å². The molecular formula is C94H97N7O21. The third-order valence-corrected chi connectivity index (χ3v) is 22.5. The first-order valence-corrected chi connectivity index (χ1v) is 39.8. The van der Waals surface area contributed by atoms with E-state index < -0.39 is 97.6 Å². The number of quaternary nitrogens is 1. The minimum absolute atomic E-state index is 0.0801. The van der Waals surface area contributed by atoms with Gasteiger partial charge >= 0.3 is 17.9 Å². The van der Waals surface area contributed by atoms with Crippen molar-refractivity contribution in [2.45, 2.75) is 110 Å². The quantitative estimate of drug-likeness (QED) is 0.00984. The summed E-state index contributed by atoms with van der Waals surface area (Å²) >= 11 is 0. The Balaban J connectivity index is 0.000000149. The second kappa shape index (κ2) is 38.0. The van der Waals surface area contributed by atoms with Crippen LogP contribution in [0.1, 0.15) is 105 Å². The lowest BCUT2D eigenvalue weighted by molar-refractivity contribution is -0.991. The van der Waals surface area contributed by atoms with Crippen LogP contribution in [0.25, 0.3) is 32.4 Å². The number of carbonyl (C=O) groups excluding carboxylic acids is 8. The van der Waals surface area contributed by atoms with Crippen LogP contribution in [0.5, 0.6) is 34.5 Å². The number of nitrogens with one attached hydrogen (secondary N) is 6. The summed E-state index contributed by atoms with van der Waals surface area (Å²) < 4.78 is 33.1. The Kier molecular flexibility index (Phi) is 27.5. The largest absolute Gasteiger partial charge is 0.595 e. The van der Waals surface area contributed by atoms with Crippen LogP contribution in [-0.4, -0.2) is 109 Å². The summed E-state index contributed by atoms with van der Waals surface area (Å²) in [7, 11) is 1.23. The monoisotopic (exact) mass is 1660 g/mol. The summed E-state index contributed by atoms with van der Waals surface area (Å²) in [5.74, 6) is -3.41. The number of hydroxylamine groups is 4. The molecule has 1 heterocycles. The van der Waals surface area contributed by atoms with E-state index in [0.29, 0.717) is 74.4 Å². The first-order chi connectivity index (χ1) is 58.6. The summed E-state index contributed by atoms with van der Waals surface area (Å²) in [5.41, 5.74) is 10.2. The predicted molar refractivity (Wildman–Crippen MR) is 447 cm³/mol. The molecule has 0 aliphatic heterocycles. The van der Waals surface area contributed by atoms with Gasteiger partial charge in [-0.05, 0) is 203 Å². The Labute approximate surface area is 703 Å². The van der Waals surface area contributed by atoms with E-state index in [2.05, 4.69) is 34.6 Å². The third kappa shape index (κ3) is 20.3. The molecule has 122 heavy (non-hydrogen) atoms. The predicted octanol–water partition coefficient (Wildman–Crippen LogP) is 12.9. The molecule has 0 radical (unpaired) electrons. The molecular weight excluding hydrogens is 1560 g/mol. The van der Waals surface area contributed by atoms with Crippen LogP contribution in [0.4, 0.5) is 5.69 Å². The van der Waals surface area contributed by atoms with Gasteiger partial charge < -0.3 is 44.1 Å². The molecule has 0 bridgehead atoms. The second-order valence-corrected chi connectivity index (χ2v) is 31.9. The molecule has 4 aliphatic carbocycles. The average Bonchev–Trinajstić information content (AvgIpc) is 1.57. The van der Waals surface area contributed by atoms with E-state index in [1.807, 2.05) is 173 Å². The molecule has 0 spiro atoms. The number of esters is 3. The van der Waals surface area contributed by atoms with E-state index in [0.717, 1.165) is 83.0 Å². The molecule has 1 unspecified atom stereocenters. The fraction of sp³-hybridized carbons (Fsp3) is 0.287. The van der Waals surface area contributed by atoms with Crippen molar-refractivity contribution in [1.82, 2.24) is 32.2 Å². The summed E-state index contributed by atoms with van der Waals surface area (Å²) in [6.45, 7) is 12.0. The van der Waals surface area contributed by atoms with Crippen molar-refractivity contribution in [3.05, 3.63) is 280 Å². The number of hydrogen-bond donors (Lipinski definition) is 12. The number of pyridine rings is 1. The number of ether oxygens (including phenoxy) is 6. The number of benzene rings is 10. The van der Waals surface area contributed by atoms with Crippen LogP contribution in [0.3, 0.4) is 0 Å². The van der Waals surface area contributed by atoms with Gasteiger partial charge in [0.15, 0.2) is 5.69 Å². The van der Waals surface area contributed by atoms with E-state index >= 15 is 0 Å². The van der Waals surface area contributed by atoms with E-state index in [1.165, 1.54) is 19.2 Å². The van der Waals surface area contributed by atoms with Crippen molar-refractivity contribution in [3.8, 4) is 34.5 Å². The average molecular weight is 1660 g/mol. The van der Waals surface area contributed by atoms with Crippen LogP contribution >= 0.6 is 0 Å². The Morgan fingerprint density at radius 2 is 0.992 bits per heavy atom. The highest BCUT2D eigenvalue weighted by Crippen LogP contribution is 2.59. The molecule has 28 nitrogen and oxygen atoms in total. The zero-order chi connectivity index (χ0) is 87.3. The number of aromatic hydroxyl groups is 1. The fourth-order valence-corrected chi connectivity index (χ4v) is 15.9. The van der Waals surface area contributed by atoms with E-state index in [-0.39, 0.29) is 37.0 Å². The first kappa shape index (κ1) is 88.1. The number of phenols is 1. The number of carbonyl (C=O) groups is 8. The Hall–Kier alpha value is -13.2. The molecule has 12 N–H and O–H groups in total. The molecule has 634 valence electrons. The van der Waals surface area contributed by atoms with Crippen LogP contribution < -0.4 is 46.7 Å². The topological polar surface area (TPSA) is 414 Å². The van der Waals surface area contributed by atoms with Crippen molar-refractivity contribution < 1.29 is 103 Å². The van der Waals surface area contributed by atoms with E-state index in [4.69, 9.17) is 54.5 Å². The number of hydrogen-bond acceptors (Lipinski definition) is 22. The molecule has 28 heteroatoms. The lowest BCUT2D eigenvalue weighted by atomic mass is 9.91. The molecule has 4 saturated carbocycles. The van der Waals surface area contributed by atoms with Crippen LogP contribution in [-0.2, 0) is 90.3 Å². The molecule has 15 rings (SSSR count). The van der Waals surface area contributed by atoms with Crippen LogP contribution in [0.15, 0.2) is 231 Å². The summed E-state index contributed by atoms with van der Waals surface area (Å²) in [5, 5.41) is 73.8. The Morgan fingerprint density at radius 1 is 0.484 bits per heavy atom. The number of aromatic nitrogens is 1.